The molecule has 0 aliphatic rings. The van der Waals surface area contributed by atoms with Gasteiger partial charge in [0.05, 0.1) is 6.61 Å². The number of nitrogens with one attached hydrogen (secondary N) is 1. The van der Waals surface area contributed by atoms with Gasteiger partial charge in [-0.25, -0.2) is 4.39 Å². The second-order valence-corrected chi connectivity index (χ2v) is 3.41. The minimum Gasteiger partial charge on any atom is -0.395 e. The maximum atomic E-state index is 12.7. The Bertz CT molecular complexity index is 539. The van der Waals surface area contributed by atoms with Crippen LogP contribution in [0.15, 0.2) is 28.8 Å². The van der Waals surface area contributed by atoms with Crippen LogP contribution in [0.5, 0.6) is 0 Å². The van der Waals surface area contributed by atoms with E-state index in [1.807, 2.05) is 0 Å². The molecule has 0 radical (unpaired) electrons. The van der Waals surface area contributed by atoms with Gasteiger partial charge in [-0.3, -0.25) is 4.79 Å². The second kappa shape index (κ2) is 5.37. The van der Waals surface area contributed by atoms with Gasteiger partial charge in [0, 0.05) is 12.1 Å². The summed E-state index contributed by atoms with van der Waals surface area (Å²) in [5.41, 5.74) is 0.543. The lowest BCUT2D eigenvalue weighted by molar-refractivity contribution is 0.0901. The summed E-state index contributed by atoms with van der Waals surface area (Å²) in [5.74, 6) is -0.944. The Labute approximate surface area is 101 Å². The topological polar surface area (TPSA) is 88.2 Å². The van der Waals surface area contributed by atoms with Crippen molar-refractivity contribution in [2.45, 2.75) is 0 Å². The highest BCUT2D eigenvalue weighted by atomic mass is 19.1. The molecule has 6 nitrogen and oxygen atoms in total. The molecule has 0 spiro atoms. The smallest absolute Gasteiger partial charge is 0.316 e. The van der Waals surface area contributed by atoms with Gasteiger partial charge in [0.2, 0.25) is 5.82 Å². The van der Waals surface area contributed by atoms with E-state index in [1.54, 1.807) is 0 Å². The molecule has 7 heteroatoms. The SMILES string of the molecule is O=C(NCCO)c1nc(-c2ccc(F)cc2)no1. The van der Waals surface area contributed by atoms with Crippen LogP contribution in [0.25, 0.3) is 11.4 Å². The lowest BCUT2D eigenvalue weighted by Gasteiger charge is -1.96. The van der Waals surface area contributed by atoms with Crippen molar-refractivity contribution in [1.29, 1.82) is 0 Å². The number of aliphatic hydroxyl groups excluding tert-OH is 1. The molecule has 0 aliphatic carbocycles. The summed E-state index contributed by atoms with van der Waals surface area (Å²) < 4.78 is 17.5. The number of aromatic nitrogens is 2. The first kappa shape index (κ1) is 12.2. The number of hydrogen-bond acceptors (Lipinski definition) is 5. The maximum Gasteiger partial charge on any atom is 0.316 e. The number of hydrogen-bond donors (Lipinski definition) is 2. The monoisotopic (exact) mass is 251 g/mol. The molecule has 0 fully saturated rings. The standard InChI is InChI=1S/C11H10FN3O3/c12-8-3-1-7(2-4-8)9-14-11(18-15-9)10(17)13-5-6-16/h1-4,16H,5-6H2,(H,13,17). The molecular formula is C11H10FN3O3. The Morgan fingerprint density at radius 2 is 2.11 bits per heavy atom. The van der Waals surface area contributed by atoms with Gasteiger partial charge >= 0.3 is 11.8 Å². The normalized spacial score (nSPS) is 10.3. The van der Waals surface area contributed by atoms with Crippen molar-refractivity contribution >= 4 is 5.91 Å². The molecule has 2 rings (SSSR count). The average molecular weight is 251 g/mol. The molecule has 1 amide bonds. The fourth-order valence-electron chi connectivity index (χ4n) is 1.28. The number of aliphatic hydroxyl groups is 1. The van der Waals surface area contributed by atoms with Crippen LogP contribution >= 0.6 is 0 Å². The van der Waals surface area contributed by atoms with Crippen molar-refractivity contribution < 1.29 is 18.8 Å². The summed E-state index contributed by atoms with van der Waals surface area (Å²) >= 11 is 0. The molecule has 0 saturated heterocycles. The zero-order chi connectivity index (χ0) is 13.0. The van der Waals surface area contributed by atoms with Crippen molar-refractivity contribution in [3.8, 4) is 11.4 Å². The predicted molar refractivity (Wildman–Crippen MR) is 59.1 cm³/mol. The molecule has 0 unspecified atom stereocenters. The summed E-state index contributed by atoms with van der Waals surface area (Å²) in [6.07, 6.45) is 0. The average Bonchev–Trinajstić information content (AvgIpc) is 2.86. The highest BCUT2D eigenvalue weighted by molar-refractivity contribution is 5.89. The Morgan fingerprint density at radius 1 is 1.39 bits per heavy atom. The van der Waals surface area contributed by atoms with E-state index >= 15 is 0 Å². The minimum atomic E-state index is -0.565. The fraction of sp³-hybridized carbons (Fsp3) is 0.182. The van der Waals surface area contributed by atoms with Crippen molar-refractivity contribution in [1.82, 2.24) is 15.5 Å². The number of carbonyl (C=O) groups excluding carboxylic acids is 1. The molecule has 2 N–H and O–H groups in total. The number of benzene rings is 1. The summed E-state index contributed by atoms with van der Waals surface area (Å²) in [4.78, 5) is 15.3. The predicted octanol–water partition coefficient (Wildman–Crippen LogP) is 0.598. The van der Waals surface area contributed by atoms with E-state index in [4.69, 9.17) is 9.63 Å². The maximum absolute atomic E-state index is 12.7. The van der Waals surface area contributed by atoms with Crippen molar-refractivity contribution in [3.05, 3.63) is 36.0 Å². The Hall–Kier alpha value is -2.28. The third kappa shape index (κ3) is 2.69. The zero-order valence-corrected chi connectivity index (χ0v) is 9.26. The number of carbonyl (C=O) groups is 1. The van der Waals surface area contributed by atoms with Crippen LogP contribution in [0.4, 0.5) is 4.39 Å². The lowest BCUT2D eigenvalue weighted by Crippen LogP contribution is -2.26. The van der Waals surface area contributed by atoms with Crippen LogP contribution in [0.3, 0.4) is 0 Å². The van der Waals surface area contributed by atoms with Gasteiger partial charge in [0.15, 0.2) is 0 Å². The van der Waals surface area contributed by atoms with E-state index in [-0.39, 0.29) is 30.7 Å². The van der Waals surface area contributed by atoms with Crippen LogP contribution < -0.4 is 5.32 Å². The van der Waals surface area contributed by atoms with E-state index in [0.29, 0.717) is 5.56 Å². The van der Waals surface area contributed by atoms with Gasteiger partial charge in [0.25, 0.3) is 0 Å². The highest BCUT2D eigenvalue weighted by Crippen LogP contribution is 2.15. The third-order valence-corrected chi connectivity index (χ3v) is 2.12. The molecule has 0 saturated carbocycles. The molecule has 0 bridgehead atoms. The van der Waals surface area contributed by atoms with Crippen molar-refractivity contribution in [3.63, 3.8) is 0 Å². The van der Waals surface area contributed by atoms with Gasteiger partial charge in [-0.05, 0) is 24.3 Å². The van der Waals surface area contributed by atoms with Crippen LogP contribution in [0.1, 0.15) is 10.7 Å². The van der Waals surface area contributed by atoms with Gasteiger partial charge < -0.3 is 14.9 Å². The fourth-order valence-corrected chi connectivity index (χ4v) is 1.28. The van der Waals surface area contributed by atoms with Gasteiger partial charge in [-0.1, -0.05) is 5.16 Å². The van der Waals surface area contributed by atoms with E-state index < -0.39 is 5.91 Å². The lowest BCUT2D eigenvalue weighted by atomic mass is 10.2. The quantitative estimate of drug-likeness (QED) is 0.830. The summed E-state index contributed by atoms with van der Waals surface area (Å²) in [7, 11) is 0. The number of rotatable bonds is 4. The Balaban J connectivity index is 2.15. The second-order valence-electron chi connectivity index (χ2n) is 3.41. The Kier molecular flexibility index (Phi) is 3.63. The summed E-state index contributed by atoms with van der Waals surface area (Å²) in [6, 6.07) is 5.49. The molecule has 1 heterocycles. The van der Waals surface area contributed by atoms with Gasteiger partial charge in [-0.15, -0.1) is 0 Å². The first-order valence-corrected chi connectivity index (χ1v) is 5.19. The summed E-state index contributed by atoms with van der Waals surface area (Å²) in [6.45, 7) is -0.0716. The Morgan fingerprint density at radius 3 is 2.78 bits per heavy atom. The highest BCUT2D eigenvalue weighted by Gasteiger charge is 2.15. The van der Waals surface area contributed by atoms with Crippen LogP contribution in [0.2, 0.25) is 0 Å². The number of nitrogens with zero attached hydrogens (tertiary/aromatic N) is 2. The molecule has 1 aromatic heterocycles. The molecule has 2 aromatic rings. The van der Waals surface area contributed by atoms with Crippen LogP contribution in [0, 0.1) is 5.82 Å². The molecule has 0 aliphatic heterocycles. The van der Waals surface area contributed by atoms with Crippen LogP contribution in [-0.2, 0) is 0 Å². The molecule has 0 atom stereocenters. The van der Waals surface area contributed by atoms with Crippen molar-refractivity contribution in [2.24, 2.45) is 0 Å². The van der Waals surface area contributed by atoms with E-state index in [2.05, 4.69) is 15.5 Å². The largest absolute Gasteiger partial charge is 0.395 e. The first-order valence-electron chi connectivity index (χ1n) is 5.19. The molecule has 18 heavy (non-hydrogen) atoms. The number of halogens is 1. The molecule has 1 aromatic carbocycles. The minimum absolute atomic E-state index is 0.104. The van der Waals surface area contributed by atoms with Crippen molar-refractivity contribution in [2.75, 3.05) is 13.2 Å². The van der Waals surface area contributed by atoms with E-state index in [0.717, 1.165) is 0 Å². The van der Waals surface area contributed by atoms with Gasteiger partial charge in [-0.2, -0.15) is 4.98 Å². The first-order chi connectivity index (χ1) is 8.70. The van der Waals surface area contributed by atoms with Crippen LogP contribution in [-0.4, -0.2) is 34.3 Å². The van der Waals surface area contributed by atoms with E-state index in [1.165, 1.54) is 24.3 Å². The number of amides is 1. The van der Waals surface area contributed by atoms with Gasteiger partial charge in [0.1, 0.15) is 5.82 Å². The summed E-state index contributed by atoms with van der Waals surface area (Å²) in [5, 5.41) is 14.5. The molecule has 94 valence electrons. The zero-order valence-electron chi connectivity index (χ0n) is 9.26. The van der Waals surface area contributed by atoms with E-state index in [9.17, 15) is 9.18 Å². The molecular weight excluding hydrogens is 241 g/mol. The third-order valence-electron chi connectivity index (χ3n) is 2.12.